The van der Waals surface area contributed by atoms with Crippen molar-refractivity contribution in [2.24, 2.45) is 0 Å². The largest absolute Gasteiger partial charge is 0.332 e. The van der Waals surface area contributed by atoms with Crippen LogP contribution in [0.25, 0.3) is 0 Å². The van der Waals surface area contributed by atoms with Crippen molar-refractivity contribution in [2.75, 3.05) is 4.72 Å². The van der Waals surface area contributed by atoms with Crippen LogP contribution in [-0.4, -0.2) is 8.42 Å². The molecule has 0 saturated heterocycles. The fourth-order valence-corrected chi connectivity index (χ4v) is 1.61. The van der Waals surface area contributed by atoms with Crippen LogP contribution in [0.5, 0.6) is 0 Å². The minimum absolute atomic E-state index is 0.0801. The van der Waals surface area contributed by atoms with Gasteiger partial charge in [0.1, 0.15) is 0 Å². The molecule has 0 aliphatic heterocycles. The van der Waals surface area contributed by atoms with Crippen molar-refractivity contribution < 1.29 is 8.42 Å². The van der Waals surface area contributed by atoms with E-state index in [1.807, 2.05) is 0 Å². The van der Waals surface area contributed by atoms with Crippen LogP contribution in [0.3, 0.4) is 0 Å². The van der Waals surface area contributed by atoms with E-state index < -0.39 is 9.05 Å². The molecule has 0 atom stereocenters. The molecule has 1 rings (SSSR count). The second-order valence-corrected chi connectivity index (χ2v) is 4.86. The summed E-state index contributed by atoms with van der Waals surface area (Å²) in [6.45, 7) is 0. The lowest BCUT2D eigenvalue weighted by Gasteiger charge is -1.98. The summed E-state index contributed by atoms with van der Waals surface area (Å²) in [6, 6.07) is 5.95. The third kappa shape index (κ3) is 2.30. The van der Waals surface area contributed by atoms with E-state index in [0.29, 0.717) is 5.69 Å². The Kier molecular flexibility index (Phi) is 2.87. The minimum Gasteiger partial charge on any atom is -0.332 e. The zero-order chi connectivity index (χ0) is 9.19. The molecule has 0 radical (unpaired) electrons. The summed E-state index contributed by atoms with van der Waals surface area (Å²) in [7, 11) is 1.48. The van der Waals surface area contributed by atoms with Gasteiger partial charge in [0, 0.05) is 16.4 Å². The van der Waals surface area contributed by atoms with E-state index in [4.69, 9.17) is 10.7 Å². The van der Waals surface area contributed by atoms with Crippen molar-refractivity contribution in [3.63, 3.8) is 0 Å². The van der Waals surface area contributed by atoms with Gasteiger partial charge >= 0.3 is 0 Å². The highest BCUT2D eigenvalue weighted by molar-refractivity contribution is 8.13. The quantitative estimate of drug-likeness (QED) is 0.595. The summed E-state index contributed by atoms with van der Waals surface area (Å²) in [4.78, 5) is 0.0801. The average Bonchev–Trinajstić information content (AvgIpc) is 2.03. The lowest BCUT2D eigenvalue weighted by molar-refractivity contribution is 0.609. The third-order valence-electron chi connectivity index (χ3n) is 1.26. The monoisotopic (exact) mass is 223 g/mol. The molecule has 1 N–H and O–H groups in total. The zero-order valence-electron chi connectivity index (χ0n) is 5.86. The van der Waals surface area contributed by atoms with E-state index in [1.165, 1.54) is 12.1 Å². The van der Waals surface area contributed by atoms with Crippen LogP contribution in [0.2, 0.25) is 0 Å². The van der Waals surface area contributed by atoms with Gasteiger partial charge in [-0.25, -0.2) is 8.42 Å². The number of thiol groups is 1. The van der Waals surface area contributed by atoms with E-state index in [1.54, 1.807) is 12.1 Å². The lowest BCUT2D eigenvalue weighted by Crippen LogP contribution is -1.90. The van der Waals surface area contributed by atoms with Crippen LogP contribution >= 0.6 is 23.5 Å². The molecule has 0 spiro atoms. The maximum Gasteiger partial charge on any atom is 0.261 e. The molecule has 0 saturated carbocycles. The van der Waals surface area contributed by atoms with Crippen molar-refractivity contribution in [2.45, 2.75) is 4.90 Å². The molecular weight excluding hydrogens is 218 g/mol. The van der Waals surface area contributed by atoms with Crippen molar-refractivity contribution >= 4 is 38.2 Å². The molecule has 0 amide bonds. The molecule has 3 nitrogen and oxygen atoms in total. The van der Waals surface area contributed by atoms with Crippen LogP contribution < -0.4 is 4.72 Å². The molecule has 6 heteroatoms. The second-order valence-electron chi connectivity index (χ2n) is 2.07. The number of anilines is 1. The fourth-order valence-electron chi connectivity index (χ4n) is 0.692. The zero-order valence-corrected chi connectivity index (χ0v) is 8.33. The van der Waals surface area contributed by atoms with Gasteiger partial charge in [0.15, 0.2) is 0 Å². The topological polar surface area (TPSA) is 46.2 Å². The SMILES string of the molecule is O=S(=O)(Cl)c1ccc(NS)cc1. The summed E-state index contributed by atoms with van der Waals surface area (Å²) in [6.07, 6.45) is 0. The van der Waals surface area contributed by atoms with E-state index in [9.17, 15) is 8.42 Å². The number of hydrogen-bond donors (Lipinski definition) is 2. The maximum atomic E-state index is 10.8. The average molecular weight is 224 g/mol. The molecule has 0 fully saturated rings. The van der Waals surface area contributed by atoms with Crippen LogP contribution in [0, 0.1) is 0 Å². The molecule has 0 unspecified atom stereocenters. The lowest BCUT2D eigenvalue weighted by atomic mass is 10.3. The Balaban J connectivity index is 3.09. The standard InChI is InChI=1S/C6H6ClNO2S2/c7-12(9,10)6-3-1-5(8-11)2-4-6/h1-4,8,11H. The summed E-state index contributed by atoms with van der Waals surface area (Å²) in [5.74, 6) is 0. The summed E-state index contributed by atoms with van der Waals surface area (Å²) < 4.78 is 24.1. The van der Waals surface area contributed by atoms with Gasteiger partial charge in [-0.1, -0.05) is 12.8 Å². The first-order chi connectivity index (χ1) is 5.54. The number of rotatable bonds is 2. The Morgan fingerprint density at radius 1 is 1.25 bits per heavy atom. The van der Waals surface area contributed by atoms with E-state index in [2.05, 4.69) is 17.5 Å². The maximum absolute atomic E-state index is 10.8. The molecular formula is C6H6ClNO2S2. The predicted molar refractivity (Wildman–Crippen MR) is 52.1 cm³/mol. The molecule has 0 aliphatic carbocycles. The Morgan fingerprint density at radius 2 is 1.75 bits per heavy atom. The number of halogens is 1. The highest BCUT2D eigenvalue weighted by Crippen LogP contribution is 2.17. The Bertz CT molecular complexity index is 360. The first-order valence-corrected chi connectivity index (χ1v) is 5.74. The molecule has 0 aromatic heterocycles. The Hall–Kier alpha value is -0.390. The van der Waals surface area contributed by atoms with Gasteiger partial charge in [0.25, 0.3) is 9.05 Å². The summed E-state index contributed by atoms with van der Waals surface area (Å²) in [5, 5.41) is 0. The fraction of sp³-hybridized carbons (Fsp3) is 0. The summed E-state index contributed by atoms with van der Waals surface area (Å²) >= 11 is 3.78. The van der Waals surface area contributed by atoms with Crippen molar-refractivity contribution in [3.05, 3.63) is 24.3 Å². The number of benzene rings is 1. The molecule has 0 bridgehead atoms. The first-order valence-electron chi connectivity index (χ1n) is 2.99. The number of hydrogen-bond acceptors (Lipinski definition) is 4. The Labute approximate surface area is 80.7 Å². The third-order valence-corrected chi connectivity index (χ3v) is 2.89. The molecule has 0 aliphatic rings. The van der Waals surface area contributed by atoms with E-state index in [-0.39, 0.29) is 4.90 Å². The Morgan fingerprint density at radius 3 is 2.08 bits per heavy atom. The highest BCUT2D eigenvalue weighted by atomic mass is 35.7. The van der Waals surface area contributed by atoms with Gasteiger partial charge in [-0.2, -0.15) is 0 Å². The van der Waals surface area contributed by atoms with Gasteiger partial charge in [-0.3, -0.25) is 0 Å². The van der Waals surface area contributed by atoms with Crippen LogP contribution in [0.15, 0.2) is 29.2 Å². The normalized spacial score (nSPS) is 11.2. The predicted octanol–water partition coefficient (Wildman–Crippen LogP) is 1.87. The summed E-state index contributed by atoms with van der Waals surface area (Å²) in [5.41, 5.74) is 0.711. The first kappa shape index (κ1) is 9.70. The van der Waals surface area contributed by atoms with E-state index in [0.717, 1.165) is 0 Å². The molecule has 12 heavy (non-hydrogen) atoms. The van der Waals surface area contributed by atoms with Gasteiger partial charge in [-0.05, 0) is 24.3 Å². The molecule has 0 heterocycles. The smallest absolute Gasteiger partial charge is 0.261 e. The second kappa shape index (κ2) is 3.55. The van der Waals surface area contributed by atoms with Gasteiger partial charge in [0.2, 0.25) is 0 Å². The van der Waals surface area contributed by atoms with E-state index >= 15 is 0 Å². The van der Waals surface area contributed by atoms with Gasteiger partial charge < -0.3 is 4.72 Å². The number of nitrogens with one attached hydrogen (secondary N) is 1. The molecule has 66 valence electrons. The van der Waals surface area contributed by atoms with Crippen LogP contribution in [-0.2, 0) is 9.05 Å². The molecule has 1 aromatic carbocycles. The van der Waals surface area contributed by atoms with Crippen molar-refractivity contribution in [3.8, 4) is 0 Å². The van der Waals surface area contributed by atoms with Gasteiger partial charge in [0.05, 0.1) is 4.90 Å². The molecule has 1 aromatic rings. The van der Waals surface area contributed by atoms with Crippen LogP contribution in [0.1, 0.15) is 0 Å². The van der Waals surface area contributed by atoms with Crippen LogP contribution in [0.4, 0.5) is 5.69 Å². The van der Waals surface area contributed by atoms with Crippen molar-refractivity contribution in [1.82, 2.24) is 0 Å². The van der Waals surface area contributed by atoms with Crippen molar-refractivity contribution in [1.29, 1.82) is 0 Å². The minimum atomic E-state index is -3.61. The van der Waals surface area contributed by atoms with Gasteiger partial charge in [-0.15, -0.1) is 0 Å². The highest BCUT2D eigenvalue weighted by Gasteiger charge is 2.08.